The Morgan fingerprint density at radius 2 is 1.76 bits per heavy atom. The van der Waals surface area contributed by atoms with Gasteiger partial charge in [-0.1, -0.05) is 50.7 Å². The molecule has 0 saturated carbocycles. The summed E-state index contributed by atoms with van der Waals surface area (Å²) >= 11 is 1.38. The lowest BCUT2D eigenvalue weighted by atomic mass is 10.1. The third-order valence-corrected chi connectivity index (χ3v) is 6.00. The van der Waals surface area contributed by atoms with Gasteiger partial charge < -0.3 is 19.4 Å². The Morgan fingerprint density at radius 3 is 2.42 bits per heavy atom. The first kappa shape index (κ1) is 24.6. The van der Waals surface area contributed by atoms with E-state index in [4.69, 9.17) is 9.47 Å². The molecule has 1 unspecified atom stereocenters. The molecule has 3 rings (SSSR count). The molecule has 0 spiro atoms. The molecule has 1 atom stereocenters. The van der Waals surface area contributed by atoms with Crippen molar-refractivity contribution in [2.45, 2.75) is 51.9 Å². The van der Waals surface area contributed by atoms with Crippen LogP contribution in [0.5, 0.6) is 11.5 Å². The van der Waals surface area contributed by atoms with Crippen molar-refractivity contribution in [3.8, 4) is 11.5 Å². The van der Waals surface area contributed by atoms with Crippen LogP contribution in [0.15, 0.2) is 53.7 Å². The van der Waals surface area contributed by atoms with Crippen LogP contribution in [0.25, 0.3) is 0 Å². The molecule has 1 heterocycles. The number of ether oxygens (including phenoxy) is 2. The number of nitrogens with zero attached hydrogens (tertiary/aromatic N) is 3. The first-order chi connectivity index (χ1) is 15.9. The van der Waals surface area contributed by atoms with Crippen LogP contribution in [0, 0.1) is 5.92 Å². The van der Waals surface area contributed by atoms with Gasteiger partial charge in [-0.25, -0.2) is 0 Å². The molecule has 33 heavy (non-hydrogen) atoms. The van der Waals surface area contributed by atoms with Crippen LogP contribution in [0.4, 0.5) is 5.69 Å². The zero-order valence-corrected chi connectivity index (χ0v) is 20.7. The second kappa shape index (κ2) is 11.7. The molecular formula is C25H32N4O3S. The van der Waals surface area contributed by atoms with Crippen LogP contribution >= 0.6 is 11.8 Å². The van der Waals surface area contributed by atoms with E-state index in [2.05, 4.69) is 40.9 Å². The van der Waals surface area contributed by atoms with E-state index in [9.17, 15) is 4.79 Å². The number of aryl methyl sites for hydroxylation is 1. The van der Waals surface area contributed by atoms with E-state index in [1.807, 2.05) is 55.5 Å². The Balaban J connectivity index is 1.69. The molecule has 0 bridgehead atoms. The summed E-state index contributed by atoms with van der Waals surface area (Å²) in [6, 6.07) is 15.3. The highest BCUT2D eigenvalue weighted by atomic mass is 32.2. The van der Waals surface area contributed by atoms with Crippen LogP contribution in [0.1, 0.15) is 45.2 Å². The fourth-order valence-electron chi connectivity index (χ4n) is 3.42. The highest BCUT2D eigenvalue weighted by Crippen LogP contribution is 2.27. The molecule has 176 valence electrons. The smallest absolute Gasteiger partial charge is 0.234 e. The van der Waals surface area contributed by atoms with E-state index < -0.39 is 0 Å². The molecule has 0 saturated heterocycles. The first-order valence-electron chi connectivity index (χ1n) is 11.2. The summed E-state index contributed by atoms with van der Waals surface area (Å²) in [4.78, 5) is 12.6. The molecule has 3 aromatic rings. The zero-order chi connectivity index (χ0) is 23.8. The second-order valence-electron chi connectivity index (χ2n) is 8.13. The van der Waals surface area contributed by atoms with Crippen LogP contribution in [-0.4, -0.2) is 33.5 Å². The minimum atomic E-state index is -0.302. The average molecular weight is 469 g/mol. The molecule has 0 fully saturated rings. The van der Waals surface area contributed by atoms with Gasteiger partial charge in [0.1, 0.15) is 11.5 Å². The Bertz CT molecular complexity index is 1050. The van der Waals surface area contributed by atoms with Gasteiger partial charge in [-0.05, 0) is 55.2 Å². The summed E-state index contributed by atoms with van der Waals surface area (Å²) in [5.74, 6) is 2.81. The molecule has 1 N–H and O–H groups in total. The lowest BCUT2D eigenvalue weighted by Crippen LogP contribution is -2.17. The van der Waals surface area contributed by atoms with Gasteiger partial charge in [-0.15, -0.1) is 10.2 Å². The number of benzene rings is 2. The van der Waals surface area contributed by atoms with E-state index in [-0.39, 0.29) is 17.8 Å². The van der Waals surface area contributed by atoms with Gasteiger partial charge in [0.25, 0.3) is 0 Å². The second-order valence-corrected chi connectivity index (χ2v) is 9.07. The minimum Gasteiger partial charge on any atom is -0.497 e. The van der Waals surface area contributed by atoms with E-state index in [0.29, 0.717) is 11.1 Å². The van der Waals surface area contributed by atoms with E-state index in [0.717, 1.165) is 41.5 Å². The Morgan fingerprint density at radius 1 is 1.06 bits per heavy atom. The summed E-state index contributed by atoms with van der Waals surface area (Å²) in [6.07, 6.45) is 0.561. The van der Waals surface area contributed by atoms with Crippen molar-refractivity contribution < 1.29 is 14.3 Å². The molecule has 0 aliphatic rings. The van der Waals surface area contributed by atoms with Gasteiger partial charge in [0, 0.05) is 12.2 Å². The molecule has 0 radical (unpaired) electrons. The molecule has 1 aromatic heterocycles. The monoisotopic (exact) mass is 468 g/mol. The van der Waals surface area contributed by atoms with Crippen molar-refractivity contribution in [2.75, 3.05) is 18.2 Å². The molecule has 7 nitrogen and oxygen atoms in total. The number of hydrogen-bond donors (Lipinski definition) is 1. The van der Waals surface area contributed by atoms with Gasteiger partial charge >= 0.3 is 0 Å². The predicted octanol–water partition coefficient (Wildman–Crippen LogP) is 5.38. The van der Waals surface area contributed by atoms with E-state index in [1.54, 1.807) is 7.11 Å². The SMILES string of the molecule is CCc1ccccc1NC(=O)CSc1nnc(C(C)Oc2ccc(OC)cc2)n1CC(C)C. The lowest BCUT2D eigenvalue weighted by molar-refractivity contribution is -0.113. The van der Waals surface area contributed by atoms with Crippen LogP contribution in [0.3, 0.4) is 0 Å². The number of aromatic nitrogens is 3. The highest BCUT2D eigenvalue weighted by Gasteiger charge is 2.21. The molecular weight excluding hydrogens is 436 g/mol. The van der Waals surface area contributed by atoms with Gasteiger partial charge in [0.2, 0.25) is 5.91 Å². The third-order valence-electron chi connectivity index (χ3n) is 5.03. The maximum Gasteiger partial charge on any atom is 0.234 e. The number of nitrogens with one attached hydrogen (secondary N) is 1. The average Bonchev–Trinajstić information content (AvgIpc) is 3.20. The zero-order valence-electron chi connectivity index (χ0n) is 19.9. The predicted molar refractivity (Wildman–Crippen MR) is 132 cm³/mol. The van der Waals surface area contributed by atoms with Crippen molar-refractivity contribution in [1.29, 1.82) is 0 Å². The van der Waals surface area contributed by atoms with Gasteiger partial charge in [-0.3, -0.25) is 4.79 Å². The molecule has 8 heteroatoms. The first-order valence-corrected chi connectivity index (χ1v) is 12.1. The van der Waals surface area contributed by atoms with Crippen molar-refractivity contribution in [2.24, 2.45) is 5.92 Å². The number of anilines is 1. The van der Waals surface area contributed by atoms with Crippen molar-refractivity contribution in [1.82, 2.24) is 14.8 Å². The Labute approximate surface area is 199 Å². The molecule has 1 amide bonds. The summed E-state index contributed by atoms with van der Waals surface area (Å²) in [5, 5.41) is 12.5. The number of methoxy groups -OCH3 is 1. The third kappa shape index (κ3) is 6.74. The highest BCUT2D eigenvalue weighted by molar-refractivity contribution is 7.99. The van der Waals surface area contributed by atoms with E-state index in [1.165, 1.54) is 11.8 Å². The topological polar surface area (TPSA) is 78.3 Å². The van der Waals surface area contributed by atoms with Gasteiger partial charge in [0.15, 0.2) is 17.1 Å². The minimum absolute atomic E-state index is 0.0657. The fraction of sp³-hybridized carbons (Fsp3) is 0.400. The van der Waals surface area contributed by atoms with Crippen LogP contribution in [-0.2, 0) is 17.8 Å². The summed E-state index contributed by atoms with van der Waals surface area (Å²) in [7, 11) is 1.63. The summed E-state index contributed by atoms with van der Waals surface area (Å²) in [6.45, 7) is 9.04. The normalized spacial score (nSPS) is 11.9. The number of carbonyl (C=O) groups is 1. The summed E-state index contributed by atoms with van der Waals surface area (Å²) < 4.78 is 13.4. The number of amides is 1. The summed E-state index contributed by atoms with van der Waals surface area (Å²) in [5.41, 5.74) is 1.97. The molecule has 2 aromatic carbocycles. The number of thioether (sulfide) groups is 1. The quantitative estimate of drug-likeness (QED) is 0.381. The maximum absolute atomic E-state index is 12.6. The van der Waals surface area contributed by atoms with Crippen molar-refractivity contribution >= 4 is 23.4 Å². The number of hydrogen-bond acceptors (Lipinski definition) is 6. The Hall–Kier alpha value is -3.00. The van der Waals surface area contributed by atoms with Crippen LogP contribution < -0.4 is 14.8 Å². The molecule has 0 aliphatic heterocycles. The van der Waals surface area contributed by atoms with Gasteiger partial charge in [-0.2, -0.15) is 0 Å². The van der Waals surface area contributed by atoms with E-state index >= 15 is 0 Å². The maximum atomic E-state index is 12.6. The number of rotatable bonds is 11. The fourth-order valence-corrected chi connectivity index (χ4v) is 4.18. The number of carbonyl (C=O) groups excluding carboxylic acids is 1. The molecule has 0 aliphatic carbocycles. The number of para-hydroxylation sites is 1. The van der Waals surface area contributed by atoms with Crippen molar-refractivity contribution in [3.63, 3.8) is 0 Å². The van der Waals surface area contributed by atoms with Gasteiger partial charge in [0.05, 0.1) is 12.9 Å². The van der Waals surface area contributed by atoms with Crippen molar-refractivity contribution in [3.05, 3.63) is 59.9 Å². The largest absolute Gasteiger partial charge is 0.497 e. The Kier molecular flexibility index (Phi) is 8.77. The lowest BCUT2D eigenvalue weighted by Gasteiger charge is -2.18. The standard InChI is InChI=1S/C25H32N4O3S/c1-6-19-9-7-8-10-22(19)26-23(30)16-33-25-28-27-24(29(25)15-17(2)3)18(4)32-21-13-11-20(31-5)12-14-21/h7-14,17-18H,6,15-16H2,1-5H3,(H,26,30). The van der Waals surface area contributed by atoms with Crippen LogP contribution in [0.2, 0.25) is 0 Å².